The molecule has 7 heteroatoms. The molecule has 5 nitrogen and oxygen atoms in total. The predicted octanol–water partition coefficient (Wildman–Crippen LogP) is -0.562. The number of nitrogens with one attached hydrogen (secondary N) is 1. The average Bonchev–Trinajstić information content (AvgIpc) is 2.81. The summed E-state index contributed by atoms with van der Waals surface area (Å²) >= 11 is 0. The highest BCUT2D eigenvalue weighted by atomic mass is 35.5. The van der Waals surface area contributed by atoms with E-state index in [1.165, 1.54) is 11.1 Å². The van der Waals surface area contributed by atoms with E-state index in [4.69, 9.17) is 5.73 Å². The summed E-state index contributed by atoms with van der Waals surface area (Å²) in [5, 5.41) is 7.95. The fourth-order valence-corrected chi connectivity index (χ4v) is 2.60. The molecule has 0 aliphatic heterocycles. The van der Waals surface area contributed by atoms with Gasteiger partial charge in [0.05, 0.1) is 5.52 Å². The molecule has 0 aliphatic rings. The van der Waals surface area contributed by atoms with Crippen LogP contribution in [0.4, 0.5) is 11.5 Å². The molecule has 0 unspecified atom stereocenters. The van der Waals surface area contributed by atoms with Crippen molar-refractivity contribution in [1.82, 2.24) is 9.61 Å². The molecule has 0 atom stereocenters. The number of halogens is 2. The monoisotopic (exact) mass is 367 g/mol. The van der Waals surface area contributed by atoms with Crippen molar-refractivity contribution in [3.05, 3.63) is 53.5 Å². The minimum Gasteiger partial charge on any atom is -1.00 e. The maximum atomic E-state index is 6.21. The molecule has 3 heterocycles. The lowest BCUT2D eigenvalue weighted by atomic mass is 10.2. The number of nitrogens with zero attached hydrogens (tertiary/aromatic N) is 3. The van der Waals surface area contributed by atoms with Crippen molar-refractivity contribution in [3.63, 3.8) is 0 Å². The molecule has 0 spiro atoms. The van der Waals surface area contributed by atoms with Gasteiger partial charge in [-0.15, -0.1) is 17.5 Å². The number of rotatable bonds is 4. The third-order valence-corrected chi connectivity index (χ3v) is 4.05. The second kappa shape index (κ2) is 8.22. The molecule has 0 saturated carbocycles. The number of fused-ring (bicyclic) bond motifs is 1. The van der Waals surface area contributed by atoms with Crippen LogP contribution in [0.1, 0.15) is 16.8 Å². The maximum Gasteiger partial charge on any atom is 0.172 e. The Morgan fingerprint density at radius 2 is 2.00 bits per heavy atom. The van der Waals surface area contributed by atoms with Gasteiger partial charge in [-0.25, -0.2) is 9.08 Å². The summed E-state index contributed by atoms with van der Waals surface area (Å²) in [5.74, 6) is 0.758. The zero-order valence-corrected chi connectivity index (χ0v) is 15.7. The van der Waals surface area contributed by atoms with E-state index in [1.54, 1.807) is 0 Å². The van der Waals surface area contributed by atoms with Crippen molar-refractivity contribution in [1.29, 1.82) is 0 Å². The summed E-state index contributed by atoms with van der Waals surface area (Å²) in [6.45, 7) is 4.94. The predicted molar refractivity (Wildman–Crippen MR) is 96.1 cm³/mol. The van der Waals surface area contributed by atoms with Crippen LogP contribution in [0.2, 0.25) is 0 Å². The summed E-state index contributed by atoms with van der Waals surface area (Å²) in [6.07, 6.45) is 5.09. The van der Waals surface area contributed by atoms with Gasteiger partial charge in [-0.1, -0.05) is 6.07 Å². The zero-order chi connectivity index (χ0) is 15.7. The molecular weight excluding hydrogens is 345 g/mol. The Hall–Kier alpha value is -1.98. The second-order valence-electron chi connectivity index (χ2n) is 5.72. The molecule has 24 heavy (non-hydrogen) atoms. The van der Waals surface area contributed by atoms with Crippen LogP contribution in [0.15, 0.2) is 36.7 Å². The number of hydrogen-bond acceptors (Lipinski definition) is 3. The van der Waals surface area contributed by atoms with Crippen molar-refractivity contribution in [2.45, 2.75) is 20.3 Å². The lowest BCUT2D eigenvalue weighted by Gasteiger charge is -2.03. The largest absolute Gasteiger partial charge is 1.00 e. The van der Waals surface area contributed by atoms with Gasteiger partial charge in [-0.2, -0.15) is 0 Å². The van der Waals surface area contributed by atoms with Crippen molar-refractivity contribution in [2.75, 3.05) is 17.6 Å². The summed E-state index contributed by atoms with van der Waals surface area (Å²) < 4.78 is 3.97. The van der Waals surface area contributed by atoms with Gasteiger partial charge >= 0.3 is 0 Å². The molecule has 0 bridgehead atoms. The van der Waals surface area contributed by atoms with Crippen molar-refractivity contribution in [3.8, 4) is 0 Å². The Bertz CT molecular complexity index is 829. The molecule has 3 aromatic heterocycles. The SMILES string of the molecule is Cc1ccc2c(N)c(NCCc3ccc[n+](C)c3)nn2c1C.Cl.[Cl-]. The van der Waals surface area contributed by atoms with Gasteiger partial charge in [-0.3, -0.25) is 0 Å². The first-order valence-corrected chi connectivity index (χ1v) is 7.48. The molecule has 0 radical (unpaired) electrons. The Balaban J connectivity index is 0.00000144. The number of nitrogens with two attached hydrogens (primary N) is 1. The fraction of sp³-hybridized carbons (Fsp3) is 0.294. The minimum atomic E-state index is 0. The van der Waals surface area contributed by atoms with Gasteiger partial charge in [0, 0.05) is 23.9 Å². The number of anilines is 2. The van der Waals surface area contributed by atoms with Crippen LogP contribution in [-0.4, -0.2) is 16.2 Å². The number of pyridine rings is 2. The number of nitrogen functional groups attached to an aromatic ring is 1. The molecule has 0 saturated heterocycles. The molecular formula is C17H23Cl2N5. The first-order valence-electron chi connectivity index (χ1n) is 7.48. The number of aryl methyl sites for hydroxylation is 3. The van der Waals surface area contributed by atoms with Crippen LogP contribution in [0.25, 0.3) is 5.52 Å². The van der Waals surface area contributed by atoms with Crippen molar-refractivity contribution >= 4 is 29.4 Å². The van der Waals surface area contributed by atoms with Crippen LogP contribution in [0.5, 0.6) is 0 Å². The van der Waals surface area contributed by atoms with Crippen LogP contribution in [0, 0.1) is 13.8 Å². The molecule has 3 N–H and O–H groups in total. The number of hydrogen-bond donors (Lipinski definition) is 2. The number of aromatic nitrogens is 3. The van der Waals surface area contributed by atoms with Gasteiger partial charge in [0.1, 0.15) is 12.7 Å². The van der Waals surface area contributed by atoms with Crippen molar-refractivity contribution < 1.29 is 17.0 Å². The van der Waals surface area contributed by atoms with Crippen molar-refractivity contribution in [2.24, 2.45) is 7.05 Å². The molecule has 0 amide bonds. The van der Waals surface area contributed by atoms with Gasteiger partial charge in [0.2, 0.25) is 0 Å². The van der Waals surface area contributed by atoms with E-state index in [2.05, 4.69) is 53.2 Å². The second-order valence-corrected chi connectivity index (χ2v) is 5.72. The van der Waals surface area contributed by atoms with Gasteiger partial charge in [0.25, 0.3) is 0 Å². The minimum absolute atomic E-state index is 0. The maximum absolute atomic E-state index is 6.21. The normalized spacial score (nSPS) is 10.1. The average molecular weight is 368 g/mol. The highest BCUT2D eigenvalue weighted by Gasteiger charge is 2.11. The Kier molecular flexibility index (Phi) is 6.87. The summed E-state index contributed by atoms with van der Waals surface area (Å²) in [7, 11) is 2.03. The molecule has 0 aliphatic carbocycles. The Morgan fingerprint density at radius 1 is 1.25 bits per heavy atom. The topological polar surface area (TPSA) is 59.2 Å². The first-order chi connectivity index (χ1) is 10.6. The van der Waals surface area contributed by atoms with Crippen LogP contribution >= 0.6 is 12.4 Å². The third kappa shape index (κ3) is 3.91. The first kappa shape index (κ1) is 20.1. The molecule has 0 aromatic carbocycles. The van der Waals surface area contributed by atoms with Gasteiger partial charge < -0.3 is 23.5 Å². The smallest absolute Gasteiger partial charge is 0.172 e. The lowest BCUT2D eigenvalue weighted by molar-refractivity contribution is -0.671. The molecule has 3 aromatic rings. The van der Waals surface area contributed by atoms with E-state index in [0.717, 1.165) is 30.0 Å². The van der Waals surface area contributed by atoms with E-state index in [1.807, 2.05) is 23.8 Å². The molecule has 3 rings (SSSR count). The van der Waals surface area contributed by atoms with E-state index in [9.17, 15) is 0 Å². The van der Waals surface area contributed by atoms with Crippen LogP contribution in [-0.2, 0) is 13.5 Å². The van der Waals surface area contributed by atoms with Crippen LogP contribution < -0.4 is 28.0 Å². The van der Waals surface area contributed by atoms with Gasteiger partial charge in [0.15, 0.2) is 18.2 Å². The Morgan fingerprint density at radius 3 is 2.71 bits per heavy atom. The van der Waals surface area contributed by atoms with E-state index < -0.39 is 0 Å². The van der Waals surface area contributed by atoms with E-state index in [0.29, 0.717) is 5.69 Å². The summed E-state index contributed by atoms with van der Waals surface area (Å²) in [6, 6.07) is 8.28. The highest BCUT2D eigenvalue weighted by Crippen LogP contribution is 2.25. The lowest BCUT2D eigenvalue weighted by Crippen LogP contribution is -3.00. The molecule has 0 fully saturated rings. The van der Waals surface area contributed by atoms with Gasteiger partial charge in [-0.05, 0) is 38.0 Å². The summed E-state index contributed by atoms with van der Waals surface area (Å²) in [4.78, 5) is 0. The summed E-state index contributed by atoms with van der Waals surface area (Å²) in [5.41, 5.74) is 11.5. The van der Waals surface area contributed by atoms with E-state index >= 15 is 0 Å². The zero-order valence-electron chi connectivity index (χ0n) is 14.1. The Labute approximate surface area is 154 Å². The third-order valence-electron chi connectivity index (χ3n) is 4.05. The standard InChI is InChI=1S/C17H22N5.2ClH/c1-12-6-7-15-16(18)17(20-22(15)13(12)2)19-9-8-14-5-4-10-21(3)11-14;;/h4-7,10-11H,8-9,18H2,1-3H3,(H,19,20);2*1H/q+1;;/p-1. The highest BCUT2D eigenvalue weighted by molar-refractivity contribution is 5.85. The quantitative estimate of drug-likeness (QED) is 0.607. The van der Waals surface area contributed by atoms with E-state index in [-0.39, 0.29) is 24.8 Å². The molecule has 130 valence electrons. The van der Waals surface area contributed by atoms with Crippen LogP contribution in [0.3, 0.4) is 0 Å². The fourth-order valence-electron chi connectivity index (χ4n) is 2.60.